The summed E-state index contributed by atoms with van der Waals surface area (Å²) in [5, 5.41) is 0. The fourth-order valence-electron chi connectivity index (χ4n) is 6.15. The molecule has 0 aromatic carbocycles. The van der Waals surface area contributed by atoms with Crippen molar-refractivity contribution in [1.29, 1.82) is 0 Å². The number of ether oxygens (including phenoxy) is 2. The van der Waals surface area contributed by atoms with Crippen LogP contribution in [-0.4, -0.2) is 23.9 Å². The van der Waals surface area contributed by atoms with Gasteiger partial charge in [0.25, 0.3) is 0 Å². The van der Waals surface area contributed by atoms with Gasteiger partial charge in [0.2, 0.25) is 0 Å². The standard InChI is InChI=1S/C15H14O6/c16-9-3-5-4-1-6(12(5)15(19)20-9)11-8-2-7(10(4)11)13(17)21-14(8)18/h4-8,10-12H,1-3H2/t4?,5?,6-,7?,8?,10?,11?,12?/m0/s1. The number of rotatable bonds is 0. The number of carbonyl (C=O) groups excluding carboxylic acids is 4. The van der Waals surface area contributed by atoms with Crippen molar-refractivity contribution in [2.75, 3.05) is 0 Å². The van der Waals surface area contributed by atoms with Crippen molar-refractivity contribution in [2.24, 2.45) is 47.3 Å². The van der Waals surface area contributed by atoms with Gasteiger partial charge in [0, 0.05) is 6.42 Å². The van der Waals surface area contributed by atoms with Crippen molar-refractivity contribution in [1.82, 2.24) is 0 Å². The van der Waals surface area contributed by atoms with Crippen molar-refractivity contribution < 1.29 is 28.7 Å². The van der Waals surface area contributed by atoms with Crippen molar-refractivity contribution in [2.45, 2.75) is 19.3 Å². The van der Waals surface area contributed by atoms with Gasteiger partial charge in [-0.25, -0.2) is 0 Å². The molecule has 7 unspecified atom stereocenters. The molecule has 3 saturated carbocycles. The second-order valence-electron chi connectivity index (χ2n) is 7.09. The van der Waals surface area contributed by atoms with E-state index in [1.54, 1.807) is 0 Å². The van der Waals surface area contributed by atoms with E-state index in [1.165, 1.54) is 0 Å². The molecule has 5 aliphatic rings. The predicted octanol–water partition coefficient (Wildman–Crippen LogP) is 0.294. The zero-order valence-electron chi connectivity index (χ0n) is 11.2. The van der Waals surface area contributed by atoms with E-state index in [2.05, 4.69) is 0 Å². The minimum atomic E-state index is -0.454. The summed E-state index contributed by atoms with van der Waals surface area (Å²) in [6.45, 7) is 0. The summed E-state index contributed by atoms with van der Waals surface area (Å²) in [6.07, 6.45) is 1.66. The van der Waals surface area contributed by atoms with Crippen LogP contribution in [0.4, 0.5) is 0 Å². The zero-order valence-corrected chi connectivity index (χ0v) is 11.2. The smallest absolute Gasteiger partial charge is 0.317 e. The first-order chi connectivity index (χ1) is 10.1. The van der Waals surface area contributed by atoms with Crippen molar-refractivity contribution >= 4 is 23.9 Å². The van der Waals surface area contributed by atoms with Crippen molar-refractivity contribution in [3.05, 3.63) is 0 Å². The van der Waals surface area contributed by atoms with Gasteiger partial charge in [-0.05, 0) is 42.4 Å². The number of fused-ring (bicyclic) bond motifs is 12. The summed E-state index contributed by atoms with van der Waals surface area (Å²) in [4.78, 5) is 47.5. The number of carbonyl (C=O) groups is 4. The van der Waals surface area contributed by atoms with Gasteiger partial charge in [0.15, 0.2) is 0 Å². The van der Waals surface area contributed by atoms with E-state index >= 15 is 0 Å². The maximum absolute atomic E-state index is 12.1. The van der Waals surface area contributed by atoms with E-state index in [0.717, 1.165) is 6.42 Å². The zero-order chi connectivity index (χ0) is 14.5. The Labute approximate surface area is 120 Å². The molecule has 6 heteroatoms. The van der Waals surface area contributed by atoms with Gasteiger partial charge in [0.05, 0.1) is 17.8 Å². The fraction of sp³-hybridized carbons (Fsp3) is 0.733. The third-order valence-electron chi connectivity index (χ3n) is 6.58. The van der Waals surface area contributed by atoms with Crippen LogP contribution in [0.2, 0.25) is 0 Å². The lowest BCUT2D eigenvalue weighted by Gasteiger charge is -2.39. The van der Waals surface area contributed by atoms with E-state index < -0.39 is 23.9 Å². The third kappa shape index (κ3) is 1.25. The molecule has 110 valence electrons. The quantitative estimate of drug-likeness (QED) is 0.362. The first-order valence-electron chi connectivity index (χ1n) is 7.56. The van der Waals surface area contributed by atoms with E-state index in [-0.39, 0.29) is 53.8 Å². The summed E-state index contributed by atoms with van der Waals surface area (Å²) in [6, 6.07) is 0. The Morgan fingerprint density at radius 1 is 0.714 bits per heavy atom. The lowest BCUT2D eigenvalue weighted by atomic mass is 9.65. The summed E-state index contributed by atoms with van der Waals surface area (Å²) in [5.41, 5.74) is 0. The number of hydrogen-bond donors (Lipinski definition) is 0. The first-order valence-corrected chi connectivity index (χ1v) is 7.56. The highest BCUT2D eigenvalue weighted by Crippen LogP contribution is 2.69. The average molecular weight is 290 g/mol. The molecule has 5 rings (SSSR count). The Balaban J connectivity index is 1.58. The lowest BCUT2D eigenvalue weighted by Crippen LogP contribution is -2.45. The molecule has 0 amide bonds. The molecule has 21 heavy (non-hydrogen) atoms. The van der Waals surface area contributed by atoms with Gasteiger partial charge < -0.3 is 9.47 Å². The van der Waals surface area contributed by atoms with E-state index in [4.69, 9.17) is 9.47 Å². The summed E-state index contributed by atoms with van der Waals surface area (Å²) >= 11 is 0. The predicted molar refractivity (Wildman–Crippen MR) is 64.0 cm³/mol. The van der Waals surface area contributed by atoms with Gasteiger partial charge in [-0.3, -0.25) is 19.2 Å². The highest BCUT2D eigenvalue weighted by Gasteiger charge is 2.71. The molecule has 5 fully saturated rings. The molecule has 0 spiro atoms. The van der Waals surface area contributed by atoms with Crippen LogP contribution in [0.15, 0.2) is 0 Å². The molecule has 0 aromatic heterocycles. The molecule has 0 aromatic rings. The normalized spacial score (nSPS) is 53.3. The number of cyclic esters (lactones) is 4. The van der Waals surface area contributed by atoms with Crippen LogP contribution in [0.25, 0.3) is 0 Å². The molecule has 6 nitrogen and oxygen atoms in total. The Bertz CT molecular complexity index is 609. The monoisotopic (exact) mass is 290 g/mol. The minimum absolute atomic E-state index is 0.00717. The van der Waals surface area contributed by atoms with Crippen molar-refractivity contribution in [3.63, 3.8) is 0 Å². The molecular weight excluding hydrogens is 276 g/mol. The van der Waals surface area contributed by atoms with E-state index in [0.29, 0.717) is 6.42 Å². The van der Waals surface area contributed by atoms with Crippen LogP contribution in [0.3, 0.4) is 0 Å². The topological polar surface area (TPSA) is 86.7 Å². The van der Waals surface area contributed by atoms with Crippen LogP contribution in [0.5, 0.6) is 0 Å². The van der Waals surface area contributed by atoms with E-state index in [1.807, 2.05) is 0 Å². The maximum atomic E-state index is 12.1. The molecule has 0 radical (unpaired) electrons. The molecule has 2 aliphatic heterocycles. The van der Waals surface area contributed by atoms with Gasteiger partial charge in [-0.1, -0.05) is 0 Å². The SMILES string of the molecule is O=C1CC2C3C[C@H](C2C(=O)O1)C1C2CC(C(=O)OC2=O)C31. The number of hydrogen-bond acceptors (Lipinski definition) is 6. The highest BCUT2D eigenvalue weighted by atomic mass is 16.6. The molecular formula is C15H14O6. The van der Waals surface area contributed by atoms with Gasteiger partial charge in [-0.2, -0.15) is 0 Å². The van der Waals surface area contributed by atoms with Crippen LogP contribution in [-0.2, 0) is 28.7 Å². The van der Waals surface area contributed by atoms with Gasteiger partial charge in [-0.15, -0.1) is 0 Å². The van der Waals surface area contributed by atoms with Gasteiger partial charge >= 0.3 is 23.9 Å². The Morgan fingerprint density at radius 3 is 2.10 bits per heavy atom. The lowest BCUT2D eigenvalue weighted by molar-refractivity contribution is -0.175. The highest BCUT2D eigenvalue weighted by molar-refractivity contribution is 5.94. The number of esters is 4. The van der Waals surface area contributed by atoms with Gasteiger partial charge in [0.1, 0.15) is 0 Å². The fourth-order valence-corrected chi connectivity index (χ4v) is 6.15. The Morgan fingerprint density at radius 2 is 1.38 bits per heavy atom. The molecule has 0 N–H and O–H groups in total. The largest absolute Gasteiger partial charge is 0.393 e. The minimum Gasteiger partial charge on any atom is -0.393 e. The van der Waals surface area contributed by atoms with Crippen LogP contribution in [0, 0.1) is 47.3 Å². The molecule has 2 saturated heterocycles. The molecule has 2 heterocycles. The van der Waals surface area contributed by atoms with Crippen molar-refractivity contribution in [3.8, 4) is 0 Å². The molecule has 3 aliphatic carbocycles. The summed E-state index contributed by atoms with van der Waals surface area (Å²) < 4.78 is 9.67. The first kappa shape index (κ1) is 11.9. The summed E-state index contributed by atoms with van der Waals surface area (Å²) in [5.74, 6) is -2.04. The maximum Gasteiger partial charge on any atom is 0.317 e. The Kier molecular flexibility index (Phi) is 2.00. The second kappa shape index (κ2) is 3.54. The second-order valence-corrected chi connectivity index (χ2v) is 7.09. The van der Waals surface area contributed by atoms with E-state index in [9.17, 15) is 19.2 Å². The van der Waals surface area contributed by atoms with Crippen LogP contribution in [0.1, 0.15) is 19.3 Å². The van der Waals surface area contributed by atoms with Crippen LogP contribution >= 0.6 is 0 Å². The Hall–Kier alpha value is -1.72. The van der Waals surface area contributed by atoms with Crippen LogP contribution < -0.4 is 0 Å². The molecule has 8 atom stereocenters. The summed E-state index contributed by atoms with van der Waals surface area (Å²) in [7, 11) is 0. The molecule has 4 bridgehead atoms. The third-order valence-corrected chi connectivity index (χ3v) is 6.58. The average Bonchev–Trinajstić information content (AvgIpc) is 3.02.